The van der Waals surface area contributed by atoms with Crippen molar-refractivity contribution in [2.45, 2.75) is 19.0 Å². The van der Waals surface area contributed by atoms with Gasteiger partial charge in [-0.25, -0.2) is 4.68 Å². The van der Waals surface area contributed by atoms with Crippen molar-refractivity contribution in [3.8, 4) is 11.5 Å². The Morgan fingerprint density at radius 3 is 2.03 bits per heavy atom. The van der Waals surface area contributed by atoms with Gasteiger partial charge in [0.05, 0.1) is 12.3 Å². The second kappa shape index (κ2) is 10.1. The molecule has 2 aromatic carbocycles. The van der Waals surface area contributed by atoms with Crippen LogP contribution in [0.1, 0.15) is 30.1 Å². The summed E-state index contributed by atoms with van der Waals surface area (Å²) in [7, 11) is 0. The van der Waals surface area contributed by atoms with Crippen LogP contribution in [-0.2, 0) is 4.79 Å². The molecule has 1 atom stereocenters. The molecule has 3 heterocycles. The normalized spacial score (nSPS) is 15.3. The second-order valence-electron chi connectivity index (χ2n) is 8.74. The van der Waals surface area contributed by atoms with Crippen molar-refractivity contribution >= 4 is 5.91 Å². The van der Waals surface area contributed by atoms with Crippen LogP contribution in [0.15, 0.2) is 100 Å². The highest BCUT2D eigenvalue weighted by Crippen LogP contribution is 2.29. The number of furan rings is 1. The SMILES string of the molecule is CC(C(=O)N1CCN(C(c2ccccc2)c2ccccc2)CC1)n1nc(-c2ccco2)ccc1=O. The molecule has 1 aliphatic rings. The summed E-state index contributed by atoms with van der Waals surface area (Å²) in [6.45, 7) is 4.38. The Hall–Kier alpha value is -3.97. The van der Waals surface area contributed by atoms with Crippen molar-refractivity contribution in [2.75, 3.05) is 26.2 Å². The minimum absolute atomic E-state index is 0.105. The molecule has 1 aliphatic heterocycles. The molecular weight excluding hydrogens is 440 g/mol. The van der Waals surface area contributed by atoms with Crippen molar-refractivity contribution < 1.29 is 9.21 Å². The van der Waals surface area contributed by atoms with Crippen LogP contribution in [-0.4, -0.2) is 51.7 Å². The average molecular weight is 469 g/mol. The standard InChI is InChI=1S/C28H28N4O3/c1-21(32-26(33)15-14-24(29-32)25-13-8-20-35-25)28(34)31-18-16-30(17-19-31)27(22-9-4-2-5-10-22)23-11-6-3-7-12-23/h2-15,20-21,27H,16-19H2,1H3. The smallest absolute Gasteiger partial charge is 0.267 e. The van der Waals surface area contributed by atoms with Gasteiger partial charge >= 0.3 is 0 Å². The summed E-state index contributed by atoms with van der Waals surface area (Å²) < 4.78 is 6.65. The van der Waals surface area contributed by atoms with E-state index in [1.165, 1.54) is 21.9 Å². The number of piperazine rings is 1. The van der Waals surface area contributed by atoms with E-state index in [1.54, 1.807) is 31.4 Å². The van der Waals surface area contributed by atoms with E-state index in [0.29, 0.717) is 24.5 Å². The van der Waals surface area contributed by atoms with Gasteiger partial charge in [-0.05, 0) is 36.2 Å². The fourth-order valence-electron chi connectivity index (χ4n) is 4.71. The van der Waals surface area contributed by atoms with Crippen LogP contribution in [0.5, 0.6) is 0 Å². The van der Waals surface area contributed by atoms with E-state index in [1.807, 2.05) is 17.0 Å². The molecule has 0 N–H and O–H groups in total. The zero-order valence-corrected chi connectivity index (χ0v) is 19.7. The maximum Gasteiger partial charge on any atom is 0.267 e. The third-order valence-electron chi connectivity index (χ3n) is 6.54. The van der Waals surface area contributed by atoms with Gasteiger partial charge in [0.25, 0.3) is 5.56 Å². The number of aromatic nitrogens is 2. The zero-order valence-electron chi connectivity index (χ0n) is 19.7. The maximum absolute atomic E-state index is 13.3. The summed E-state index contributed by atoms with van der Waals surface area (Å²) in [4.78, 5) is 30.1. The number of rotatable bonds is 6. The minimum Gasteiger partial charge on any atom is -0.463 e. The number of carbonyl (C=O) groups excluding carboxylic acids is 1. The van der Waals surface area contributed by atoms with Gasteiger partial charge < -0.3 is 9.32 Å². The van der Waals surface area contributed by atoms with Crippen LogP contribution >= 0.6 is 0 Å². The van der Waals surface area contributed by atoms with Crippen molar-refractivity contribution in [2.24, 2.45) is 0 Å². The first-order chi connectivity index (χ1) is 17.1. The Morgan fingerprint density at radius 1 is 0.829 bits per heavy atom. The van der Waals surface area contributed by atoms with Crippen molar-refractivity contribution in [1.82, 2.24) is 19.6 Å². The largest absolute Gasteiger partial charge is 0.463 e. The van der Waals surface area contributed by atoms with Gasteiger partial charge in [0.2, 0.25) is 5.91 Å². The Kier molecular flexibility index (Phi) is 6.59. The van der Waals surface area contributed by atoms with Gasteiger partial charge in [0.15, 0.2) is 5.76 Å². The predicted molar refractivity (Wildman–Crippen MR) is 134 cm³/mol. The quantitative estimate of drug-likeness (QED) is 0.428. The average Bonchev–Trinajstić information content (AvgIpc) is 3.45. The Balaban J connectivity index is 1.31. The van der Waals surface area contributed by atoms with Gasteiger partial charge in [0, 0.05) is 32.2 Å². The molecule has 178 valence electrons. The lowest BCUT2D eigenvalue weighted by atomic mass is 9.96. The zero-order chi connectivity index (χ0) is 24.2. The van der Waals surface area contributed by atoms with Crippen LogP contribution in [0.4, 0.5) is 0 Å². The molecule has 0 saturated carbocycles. The van der Waals surface area contributed by atoms with E-state index < -0.39 is 6.04 Å². The van der Waals surface area contributed by atoms with E-state index in [2.05, 4.69) is 58.5 Å². The van der Waals surface area contributed by atoms with E-state index in [4.69, 9.17) is 4.42 Å². The maximum atomic E-state index is 13.3. The fourth-order valence-corrected chi connectivity index (χ4v) is 4.71. The molecule has 2 aromatic heterocycles. The van der Waals surface area contributed by atoms with Crippen LogP contribution < -0.4 is 5.56 Å². The summed E-state index contributed by atoms with van der Waals surface area (Å²) in [6, 6.07) is 26.9. The molecule has 0 aliphatic carbocycles. The molecule has 35 heavy (non-hydrogen) atoms. The Labute approximate surface area is 204 Å². The van der Waals surface area contributed by atoms with Crippen molar-refractivity contribution in [1.29, 1.82) is 0 Å². The molecule has 1 saturated heterocycles. The van der Waals surface area contributed by atoms with Crippen molar-refractivity contribution in [3.63, 3.8) is 0 Å². The van der Waals surface area contributed by atoms with Gasteiger partial charge in [-0.1, -0.05) is 60.7 Å². The molecule has 0 radical (unpaired) electrons. The number of benzene rings is 2. The first kappa shape index (κ1) is 22.8. The topological polar surface area (TPSA) is 71.6 Å². The third kappa shape index (κ3) is 4.81. The van der Waals surface area contributed by atoms with Gasteiger partial charge in [-0.3, -0.25) is 14.5 Å². The fraction of sp³-hybridized carbons (Fsp3) is 0.250. The second-order valence-corrected chi connectivity index (χ2v) is 8.74. The first-order valence-electron chi connectivity index (χ1n) is 11.9. The molecule has 7 heteroatoms. The summed E-state index contributed by atoms with van der Waals surface area (Å²) in [5.74, 6) is 0.451. The van der Waals surface area contributed by atoms with Crippen LogP contribution in [0.2, 0.25) is 0 Å². The van der Waals surface area contributed by atoms with Crippen molar-refractivity contribution in [3.05, 3.63) is 113 Å². The van der Waals surface area contributed by atoms with Gasteiger partial charge in [-0.15, -0.1) is 0 Å². The number of hydrogen-bond donors (Lipinski definition) is 0. The number of hydrogen-bond acceptors (Lipinski definition) is 5. The van der Waals surface area contributed by atoms with E-state index >= 15 is 0 Å². The summed E-state index contributed by atoms with van der Waals surface area (Å²) in [5, 5.41) is 4.41. The Bertz CT molecular complexity index is 1270. The Morgan fingerprint density at radius 2 is 1.46 bits per heavy atom. The predicted octanol–water partition coefficient (Wildman–Crippen LogP) is 4.00. The van der Waals surface area contributed by atoms with E-state index in [-0.39, 0.29) is 17.5 Å². The summed E-state index contributed by atoms with van der Waals surface area (Å²) in [5.41, 5.74) is 2.68. The van der Waals surface area contributed by atoms with Gasteiger partial charge in [0.1, 0.15) is 11.7 Å². The highest BCUT2D eigenvalue weighted by atomic mass is 16.3. The molecule has 7 nitrogen and oxygen atoms in total. The third-order valence-corrected chi connectivity index (χ3v) is 6.54. The minimum atomic E-state index is -0.706. The lowest BCUT2D eigenvalue weighted by Gasteiger charge is -2.40. The molecule has 0 spiro atoms. The summed E-state index contributed by atoms with van der Waals surface area (Å²) in [6.07, 6.45) is 1.55. The highest BCUT2D eigenvalue weighted by molar-refractivity contribution is 5.80. The molecule has 4 aromatic rings. The van der Waals surface area contributed by atoms with Gasteiger partial charge in [-0.2, -0.15) is 5.10 Å². The molecular formula is C28H28N4O3. The lowest BCUT2D eigenvalue weighted by Crippen LogP contribution is -2.52. The van der Waals surface area contributed by atoms with E-state index in [9.17, 15) is 9.59 Å². The summed E-state index contributed by atoms with van der Waals surface area (Å²) >= 11 is 0. The van der Waals surface area contributed by atoms with Crippen LogP contribution in [0, 0.1) is 0 Å². The molecule has 1 amide bonds. The molecule has 1 fully saturated rings. The van der Waals surface area contributed by atoms with Crippen LogP contribution in [0.25, 0.3) is 11.5 Å². The molecule has 5 rings (SSSR count). The van der Waals surface area contributed by atoms with Crippen LogP contribution in [0.3, 0.4) is 0 Å². The van der Waals surface area contributed by atoms with E-state index in [0.717, 1.165) is 13.1 Å². The number of amides is 1. The monoisotopic (exact) mass is 468 g/mol. The lowest BCUT2D eigenvalue weighted by molar-refractivity contribution is -0.136. The number of nitrogens with zero attached hydrogens (tertiary/aromatic N) is 4. The first-order valence-corrected chi connectivity index (χ1v) is 11.9. The molecule has 0 bridgehead atoms. The molecule has 1 unspecified atom stereocenters. The number of carbonyl (C=O) groups is 1. The highest BCUT2D eigenvalue weighted by Gasteiger charge is 2.31.